The summed E-state index contributed by atoms with van der Waals surface area (Å²) < 4.78 is 0. The SMILES string of the molecule is C1=NC2CCCC[C@@H]2C1.C1CCC2CCCCC2C1.C1CC[C@@H]2CCCC2C1.C1CC[C@@H]2CCCNC2C1. The van der Waals surface area contributed by atoms with Crippen LogP contribution in [0.4, 0.5) is 0 Å². The highest BCUT2D eigenvalue weighted by Crippen LogP contribution is 2.42. The van der Waals surface area contributed by atoms with Crippen LogP contribution >= 0.6 is 0 Å². The summed E-state index contributed by atoms with van der Waals surface area (Å²) in [5.74, 6) is 6.63. The summed E-state index contributed by atoms with van der Waals surface area (Å²) in [5, 5.41) is 3.62. The molecule has 3 unspecified atom stereocenters. The molecule has 0 amide bonds. The van der Waals surface area contributed by atoms with E-state index in [9.17, 15) is 0 Å². The van der Waals surface area contributed by atoms with Gasteiger partial charge in [-0.25, -0.2) is 0 Å². The Kier molecular flexibility index (Phi) is 12.4. The number of fused-ring (bicyclic) bond motifs is 4. The van der Waals surface area contributed by atoms with Gasteiger partial charge in [0.1, 0.15) is 0 Å². The molecule has 0 aromatic rings. The molecule has 0 bridgehead atoms. The van der Waals surface area contributed by atoms with Crippen molar-refractivity contribution in [2.45, 2.75) is 179 Å². The summed E-state index contributed by atoms with van der Waals surface area (Å²) in [6.07, 6.45) is 41.1. The first-order chi connectivity index (χ1) is 18.9. The smallest absolute Gasteiger partial charge is 0.0527 e. The topological polar surface area (TPSA) is 24.4 Å². The molecule has 1 N–H and O–H groups in total. The van der Waals surface area contributed by atoms with E-state index in [0.717, 1.165) is 35.8 Å². The number of hydrogen-bond donors (Lipinski definition) is 1. The molecule has 2 heterocycles. The molecule has 7 fully saturated rings. The maximum atomic E-state index is 4.43. The van der Waals surface area contributed by atoms with Crippen LogP contribution in [0, 0.1) is 35.5 Å². The summed E-state index contributed by atoms with van der Waals surface area (Å²) in [4.78, 5) is 4.43. The molecule has 0 radical (unpaired) electrons. The van der Waals surface area contributed by atoms with Gasteiger partial charge < -0.3 is 5.32 Å². The molecule has 6 saturated carbocycles. The Morgan fingerprint density at radius 2 is 0.816 bits per heavy atom. The van der Waals surface area contributed by atoms with E-state index in [-0.39, 0.29) is 0 Å². The van der Waals surface area contributed by atoms with E-state index in [0.29, 0.717) is 0 Å². The number of rotatable bonds is 0. The van der Waals surface area contributed by atoms with E-state index < -0.39 is 0 Å². The van der Waals surface area contributed by atoms with Gasteiger partial charge in [0.25, 0.3) is 0 Å². The second-order valence-corrected chi connectivity index (χ2v) is 14.8. The van der Waals surface area contributed by atoms with Crippen molar-refractivity contribution in [1.82, 2.24) is 5.32 Å². The van der Waals surface area contributed by atoms with E-state index in [1.54, 1.807) is 51.4 Å². The maximum Gasteiger partial charge on any atom is 0.0527 e. The van der Waals surface area contributed by atoms with Crippen molar-refractivity contribution in [2.24, 2.45) is 40.5 Å². The predicted molar refractivity (Wildman–Crippen MR) is 165 cm³/mol. The molecule has 2 heteroatoms. The van der Waals surface area contributed by atoms with Crippen molar-refractivity contribution < 1.29 is 0 Å². The molecule has 0 spiro atoms. The highest BCUT2D eigenvalue weighted by atomic mass is 14.9. The van der Waals surface area contributed by atoms with Crippen LogP contribution in [-0.2, 0) is 0 Å². The fourth-order valence-corrected chi connectivity index (χ4v) is 10.0. The Morgan fingerprint density at radius 3 is 1.34 bits per heavy atom. The molecule has 0 aromatic carbocycles. The van der Waals surface area contributed by atoms with Crippen molar-refractivity contribution >= 4 is 6.21 Å². The van der Waals surface area contributed by atoms with Crippen molar-refractivity contribution in [3.05, 3.63) is 0 Å². The maximum absolute atomic E-state index is 4.43. The van der Waals surface area contributed by atoms with Crippen molar-refractivity contribution in [3.8, 4) is 0 Å². The van der Waals surface area contributed by atoms with Crippen molar-refractivity contribution in [3.63, 3.8) is 0 Å². The lowest BCUT2D eigenvalue weighted by atomic mass is 9.71. The molecule has 1 saturated heterocycles. The van der Waals surface area contributed by atoms with Crippen LogP contribution in [0.1, 0.15) is 167 Å². The Morgan fingerprint density at radius 1 is 0.395 bits per heavy atom. The van der Waals surface area contributed by atoms with Crippen LogP contribution in [0.5, 0.6) is 0 Å². The van der Waals surface area contributed by atoms with Gasteiger partial charge in [-0.05, 0) is 93.2 Å². The average Bonchev–Trinajstić information content (AvgIpc) is 3.68. The minimum Gasteiger partial charge on any atom is -0.314 e. The van der Waals surface area contributed by atoms with Gasteiger partial charge in [-0.1, -0.05) is 122 Å². The lowest BCUT2D eigenvalue weighted by Gasteiger charge is -2.36. The van der Waals surface area contributed by atoms with E-state index in [1.807, 2.05) is 0 Å². The zero-order valence-electron chi connectivity index (χ0n) is 25.2. The third-order valence-electron chi connectivity index (χ3n) is 12.3. The van der Waals surface area contributed by atoms with Gasteiger partial charge in [0.2, 0.25) is 0 Å². The van der Waals surface area contributed by atoms with Crippen LogP contribution in [0.2, 0.25) is 0 Å². The molecule has 38 heavy (non-hydrogen) atoms. The van der Waals surface area contributed by atoms with Gasteiger partial charge in [-0.2, -0.15) is 0 Å². The van der Waals surface area contributed by atoms with Gasteiger partial charge in [0.05, 0.1) is 6.04 Å². The summed E-state index contributed by atoms with van der Waals surface area (Å²) in [7, 11) is 0. The van der Waals surface area contributed by atoms with E-state index in [4.69, 9.17) is 0 Å². The van der Waals surface area contributed by atoms with E-state index >= 15 is 0 Å². The fraction of sp³-hybridized carbons (Fsp3) is 0.972. The highest BCUT2D eigenvalue weighted by molar-refractivity contribution is 5.60. The summed E-state index contributed by atoms with van der Waals surface area (Å²) in [6.45, 7) is 1.28. The predicted octanol–water partition coefficient (Wildman–Crippen LogP) is 10.3. The first kappa shape index (κ1) is 29.1. The molecule has 6 aliphatic carbocycles. The van der Waals surface area contributed by atoms with Gasteiger partial charge in [0, 0.05) is 6.04 Å². The largest absolute Gasteiger partial charge is 0.314 e. The fourth-order valence-electron chi connectivity index (χ4n) is 10.0. The zero-order valence-corrected chi connectivity index (χ0v) is 25.2. The average molecular weight is 525 g/mol. The Labute approximate surface area is 237 Å². The van der Waals surface area contributed by atoms with Crippen molar-refractivity contribution in [2.75, 3.05) is 6.54 Å². The molecule has 6 atom stereocenters. The lowest BCUT2D eigenvalue weighted by Crippen LogP contribution is -2.42. The normalized spacial score (nSPS) is 41.3. The van der Waals surface area contributed by atoms with Crippen LogP contribution in [0.3, 0.4) is 0 Å². The Balaban J connectivity index is 0.000000103. The summed E-state index contributed by atoms with van der Waals surface area (Å²) in [5.41, 5.74) is 0. The molecule has 218 valence electrons. The second kappa shape index (κ2) is 16.2. The molecular weight excluding hydrogens is 460 g/mol. The quantitative estimate of drug-likeness (QED) is 0.335. The first-order valence-electron chi connectivity index (χ1n) is 18.1. The summed E-state index contributed by atoms with van der Waals surface area (Å²) in [6, 6.07) is 1.64. The van der Waals surface area contributed by atoms with Gasteiger partial charge >= 0.3 is 0 Å². The number of aliphatic imine (C=N–C) groups is 1. The number of nitrogens with zero attached hydrogens (tertiary/aromatic N) is 1. The standard InChI is InChI=1S/C10H18.C9H17N.C9H16.C8H13N/c1-2-6-10-8-4-3-7-9(10)5-1;1-2-6-9-8(4-1)5-3-7-10-9;1-2-5-9-7-3-6-8(9)4-1;1-2-4-8-7(3-1)5-6-9-8/h9-10H,1-8H2;8-10H,1-7H2;8-9H,1-7H2;6-8H,1-5H2/t;2*8-,9?;7-,8?/m.111/s1. The minimum absolute atomic E-state index is 0.735. The van der Waals surface area contributed by atoms with Crippen LogP contribution in [0.15, 0.2) is 4.99 Å². The van der Waals surface area contributed by atoms with Crippen LogP contribution < -0.4 is 5.32 Å². The summed E-state index contributed by atoms with van der Waals surface area (Å²) >= 11 is 0. The lowest BCUT2D eigenvalue weighted by molar-refractivity contribution is 0.171. The minimum atomic E-state index is 0.735. The first-order valence-corrected chi connectivity index (χ1v) is 18.1. The third-order valence-corrected chi connectivity index (χ3v) is 12.3. The van der Waals surface area contributed by atoms with Gasteiger partial charge in [-0.3, -0.25) is 4.99 Å². The van der Waals surface area contributed by atoms with E-state index in [2.05, 4.69) is 16.5 Å². The Hall–Kier alpha value is -0.370. The molecular formula is C36H64N2. The van der Waals surface area contributed by atoms with Crippen LogP contribution in [-0.4, -0.2) is 24.8 Å². The molecule has 8 rings (SSSR count). The Bertz CT molecular complexity index is 577. The monoisotopic (exact) mass is 525 g/mol. The molecule has 2 nitrogen and oxygen atoms in total. The molecule has 2 aliphatic heterocycles. The van der Waals surface area contributed by atoms with Crippen LogP contribution in [0.25, 0.3) is 0 Å². The van der Waals surface area contributed by atoms with Gasteiger partial charge in [0.15, 0.2) is 0 Å². The van der Waals surface area contributed by atoms with Crippen molar-refractivity contribution in [1.29, 1.82) is 0 Å². The molecule has 0 aromatic heterocycles. The van der Waals surface area contributed by atoms with E-state index in [1.165, 1.54) is 134 Å². The molecule has 8 aliphatic rings. The number of piperidine rings is 1. The third kappa shape index (κ3) is 8.81. The number of nitrogens with one attached hydrogen (secondary N) is 1. The second-order valence-electron chi connectivity index (χ2n) is 14.8. The highest BCUT2D eigenvalue weighted by Gasteiger charge is 2.30. The number of hydrogen-bond acceptors (Lipinski definition) is 2. The van der Waals surface area contributed by atoms with Gasteiger partial charge in [-0.15, -0.1) is 0 Å². The zero-order chi connectivity index (χ0) is 25.8.